The number of carbonyl (C=O) groups is 1. The second-order valence-corrected chi connectivity index (χ2v) is 6.03. The van der Waals surface area contributed by atoms with E-state index >= 15 is 0 Å². The zero-order valence-electron chi connectivity index (χ0n) is 13.8. The minimum absolute atomic E-state index is 0.0638. The van der Waals surface area contributed by atoms with Crippen molar-refractivity contribution in [2.24, 2.45) is 7.05 Å². The predicted molar refractivity (Wildman–Crippen MR) is 88.0 cm³/mol. The number of aryl methyl sites for hydroxylation is 1. The highest BCUT2D eigenvalue weighted by Gasteiger charge is 2.31. The first-order valence-electron chi connectivity index (χ1n) is 7.72. The number of nitrogens with zero attached hydrogens (tertiary/aromatic N) is 3. The molecule has 0 bridgehead atoms. The summed E-state index contributed by atoms with van der Waals surface area (Å²) in [7, 11) is 1.69. The van der Waals surface area contributed by atoms with Gasteiger partial charge in [-0.3, -0.25) is 19.1 Å². The van der Waals surface area contributed by atoms with Crippen molar-refractivity contribution in [2.75, 3.05) is 5.32 Å². The van der Waals surface area contributed by atoms with Gasteiger partial charge in [-0.2, -0.15) is 0 Å². The molecular formula is C17H19FN4O2. The lowest BCUT2D eigenvalue weighted by molar-refractivity contribution is -0.120. The largest absolute Gasteiger partial charge is 0.325 e. The summed E-state index contributed by atoms with van der Waals surface area (Å²) < 4.78 is 14.4. The fourth-order valence-electron chi connectivity index (χ4n) is 2.77. The summed E-state index contributed by atoms with van der Waals surface area (Å²) in [6, 6.07) is 5.18. The van der Waals surface area contributed by atoms with Crippen LogP contribution >= 0.6 is 0 Å². The van der Waals surface area contributed by atoms with Crippen molar-refractivity contribution in [2.45, 2.75) is 33.0 Å². The molecule has 0 saturated carbocycles. The van der Waals surface area contributed by atoms with Gasteiger partial charge in [-0.15, -0.1) is 0 Å². The smallest absolute Gasteiger partial charge is 0.258 e. The molecule has 0 aliphatic carbocycles. The Kier molecular flexibility index (Phi) is 4.19. The standard InChI is InChI=1S/C17H19FN4O2/c1-10(16(23)20-13-6-4-12(18)5-7-13)22-8-14-15(9-22)19-11(2)21(3)17(14)24/h4-7,10H,8-9H2,1-3H3,(H,20,23)/t10-/m0/s1. The topological polar surface area (TPSA) is 67.2 Å². The van der Waals surface area contributed by atoms with E-state index in [1.165, 1.54) is 28.8 Å². The number of amides is 1. The van der Waals surface area contributed by atoms with E-state index in [9.17, 15) is 14.0 Å². The first kappa shape index (κ1) is 16.3. The third kappa shape index (κ3) is 2.94. The zero-order chi connectivity index (χ0) is 17.4. The van der Waals surface area contributed by atoms with Gasteiger partial charge in [0.15, 0.2) is 0 Å². The van der Waals surface area contributed by atoms with Gasteiger partial charge in [0.1, 0.15) is 11.6 Å². The Morgan fingerprint density at radius 1 is 1.29 bits per heavy atom. The Morgan fingerprint density at radius 3 is 2.62 bits per heavy atom. The number of anilines is 1. The van der Waals surface area contributed by atoms with E-state index in [-0.39, 0.29) is 17.3 Å². The molecule has 24 heavy (non-hydrogen) atoms. The van der Waals surface area contributed by atoms with Crippen LogP contribution in [0.3, 0.4) is 0 Å². The number of hydrogen-bond acceptors (Lipinski definition) is 4. The van der Waals surface area contributed by atoms with Crippen LogP contribution in [-0.2, 0) is 24.9 Å². The average Bonchev–Trinajstić information content (AvgIpc) is 2.98. The lowest BCUT2D eigenvalue weighted by Gasteiger charge is -2.22. The molecule has 2 aromatic rings. The van der Waals surface area contributed by atoms with Crippen LogP contribution in [0.5, 0.6) is 0 Å². The molecule has 1 aliphatic heterocycles. The predicted octanol–water partition coefficient (Wildman–Crippen LogP) is 1.57. The maximum absolute atomic E-state index is 12.9. The van der Waals surface area contributed by atoms with Gasteiger partial charge in [0.05, 0.1) is 17.3 Å². The molecule has 7 heteroatoms. The van der Waals surface area contributed by atoms with Gasteiger partial charge in [-0.25, -0.2) is 9.37 Å². The Hall–Kier alpha value is -2.54. The molecule has 126 valence electrons. The summed E-state index contributed by atoms with van der Waals surface area (Å²) in [6.07, 6.45) is 0. The number of rotatable bonds is 3. The Bertz CT molecular complexity index is 845. The normalized spacial score (nSPS) is 15.2. The number of benzene rings is 1. The van der Waals surface area contributed by atoms with E-state index in [0.717, 1.165) is 5.69 Å². The van der Waals surface area contributed by atoms with E-state index in [2.05, 4.69) is 10.3 Å². The van der Waals surface area contributed by atoms with Crippen molar-refractivity contribution in [1.29, 1.82) is 0 Å². The van der Waals surface area contributed by atoms with Crippen LogP contribution in [0.4, 0.5) is 10.1 Å². The van der Waals surface area contributed by atoms with Gasteiger partial charge < -0.3 is 5.32 Å². The second kappa shape index (κ2) is 6.16. The molecule has 3 rings (SSSR count). The zero-order valence-corrected chi connectivity index (χ0v) is 13.8. The third-order valence-corrected chi connectivity index (χ3v) is 4.45. The molecule has 0 saturated heterocycles. The molecule has 1 N–H and O–H groups in total. The molecule has 1 aromatic carbocycles. The molecule has 1 aromatic heterocycles. The fourth-order valence-corrected chi connectivity index (χ4v) is 2.77. The van der Waals surface area contributed by atoms with Crippen LogP contribution in [0.25, 0.3) is 0 Å². The summed E-state index contributed by atoms with van der Waals surface area (Å²) in [5.41, 5.74) is 1.85. The Labute approximate surface area is 138 Å². The monoisotopic (exact) mass is 330 g/mol. The molecule has 0 unspecified atom stereocenters. The van der Waals surface area contributed by atoms with E-state index in [0.29, 0.717) is 30.2 Å². The minimum Gasteiger partial charge on any atom is -0.325 e. The number of fused-ring (bicyclic) bond motifs is 1. The van der Waals surface area contributed by atoms with E-state index < -0.39 is 6.04 Å². The van der Waals surface area contributed by atoms with E-state index in [1.54, 1.807) is 20.9 Å². The molecule has 1 amide bonds. The molecular weight excluding hydrogens is 311 g/mol. The van der Waals surface area contributed by atoms with Gasteiger partial charge in [0.25, 0.3) is 5.56 Å². The van der Waals surface area contributed by atoms with Crippen molar-refractivity contribution < 1.29 is 9.18 Å². The van der Waals surface area contributed by atoms with Crippen molar-refractivity contribution in [3.63, 3.8) is 0 Å². The molecule has 1 aliphatic rings. The van der Waals surface area contributed by atoms with Crippen LogP contribution in [0.1, 0.15) is 24.0 Å². The Balaban J connectivity index is 1.73. The number of halogens is 1. The van der Waals surface area contributed by atoms with Gasteiger partial charge in [0.2, 0.25) is 5.91 Å². The average molecular weight is 330 g/mol. The second-order valence-electron chi connectivity index (χ2n) is 6.03. The molecule has 6 nitrogen and oxygen atoms in total. The van der Waals surface area contributed by atoms with Crippen molar-refractivity contribution in [3.8, 4) is 0 Å². The summed E-state index contributed by atoms with van der Waals surface area (Å²) in [5, 5.41) is 2.76. The number of hydrogen-bond donors (Lipinski definition) is 1. The van der Waals surface area contributed by atoms with Gasteiger partial charge in [-0.1, -0.05) is 0 Å². The molecule has 2 heterocycles. The summed E-state index contributed by atoms with van der Waals surface area (Å²) in [5.74, 6) is 0.0975. The lowest BCUT2D eigenvalue weighted by atomic mass is 10.2. The minimum atomic E-state index is -0.436. The first-order valence-corrected chi connectivity index (χ1v) is 7.72. The summed E-state index contributed by atoms with van der Waals surface area (Å²) in [6.45, 7) is 4.43. The van der Waals surface area contributed by atoms with E-state index in [4.69, 9.17) is 0 Å². The van der Waals surface area contributed by atoms with Crippen LogP contribution in [-0.4, -0.2) is 26.4 Å². The first-order chi connectivity index (χ1) is 11.4. The van der Waals surface area contributed by atoms with Gasteiger partial charge in [0, 0.05) is 25.8 Å². The molecule has 1 atom stereocenters. The fraction of sp³-hybridized carbons (Fsp3) is 0.353. The van der Waals surface area contributed by atoms with Crippen molar-refractivity contribution >= 4 is 11.6 Å². The van der Waals surface area contributed by atoms with Crippen LogP contribution in [0, 0.1) is 12.7 Å². The highest BCUT2D eigenvalue weighted by atomic mass is 19.1. The van der Waals surface area contributed by atoms with Crippen LogP contribution in [0.15, 0.2) is 29.1 Å². The SMILES string of the molecule is Cc1nc2c(c(=O)n1C)CN([C@@H](C)C(=O)Nc1ccc(F)cc1)C2. The number of nitrogens with one attached hydrogen (secondary N) is 1. The maximum atomic E-state index is 12.9. The Morgan fingerprint density at radius 2 is 1.96 bits per heavy atom. The number of carbonyl (C=O) groups excluding carboxylic acids is 1. The highest BCUT2D eigenvalue weighted by molar-refractivity contribution is 5.94. The highest BCUT2D eigenvalue weighted by Crippen LogP contribution is 2.21. The molecule has 0 spiro atoms. The van der Waals surface area contributed by atoms with Crippen molar-refractivity contribution in [1.82, 2.24) is 14.5 Å². The lowest BCUT2D eigenvalue weighted by Crippen LogP contribution is -2.39. The van der Waals surface area contributed by atoms with Crippen molar-refractivity contribution in [3.05, 3.63) is 57.5 Å². The molecule has 0 radical (unpaired) electrons. The quantitative estimate of drug-likeness (QED) is 0.928. The third-order valence-electron chi connectivity index (χ3n) is 4.45. The summed E-state index contributed by atoms with van der Waals surface area (Å²) >= 11 is 0. The van der Waals surface area contributed by atoms with Gasteiger partial charge in [-0.05, 0) is 38.1 Å². The maximum Gasteiger partial charge on any atom is 0.258 e. The van der Waals surface area contributed by atoms with E-state index in [1.807, 2.05) is 4.90 Å². The number of aromatic nitrogens is 2. The van der Waals surface area contributed by atoms with Crippen LogP contribution < -0.4 is 10.9 Å². The van der Waals surface area contributed by atoms with Gasteiger partial charge >= 0.3 is 0 Å². The van der Waals surface area contributed by atoms with Crippen LogP contribution in [0.2, 0.25) is 0 Å². The molecule has 0 fully saturated rings. The summed E-state index contributed by atoms with van der Waals surface area (Å²) in [4.78, 5) is 31.1.